The van der Waals surface area contributed by atoms with Gasteiger partial charge in [-0.3, -0.25) is 0 Å². The molecule has 64 valence electrons. The van der Waals surface area contributed by atoms with Crippen molar-refractivity contribution >= 4 is 69.8 Å². The SMILES string of the molecule is C=Cc1cc(Br)c(Br)c(Br)c1Br. The van der Waals surface area contributed by atoms with E-state index in [-0.39, 0.29) is 0 Å². The molecular weight excluding hydrogens is 416 g/mol. The molecule has 0 saturated heterocycles. The van der Waals surface area contributed by atoms with Gasteiger partial charge in [-0.15, -0.1) is 0 Å². The molecule has 0 heterocycles. The third kappa shape index (κ3) is 2.03. The highest BCUT2D eigenvalue weighted by Gasteiger charge is 2.08. The number of hydrogen-bond donors (Lipinski definition) is 0. The molecule has 4 heteroatoms. The van der Waals surface area contributed by atoms with Crippen LogP contribution in [0.5, 0.6) is 0 Å². The lowest BCUT2D eigenvalue weighted by molar-refractivity contribution is 1.47. The molecule has 0 amide bonds. The molecule has 0 nitrogen and oxygen atoms in total. The van der Waals surface area contributed by atoms with Gasteiger partial charge in [-0.1, -0.05) is 12.7 Å². The second-order valence-electron chi connectivity index (χ2n) is 2.09. The van der Waals surface area contributed by atoms with E-state index in [0.29, 0.717) is 0 Å². The minimum atomic E-state index is 0.992. The Hall–Kier alpha value is 0.880. The summed E-state index contributed by atoms with van der Waals surface area (Å²) in [6.07, 6.45) is 1.80. The van der Waals surface area contributed by atoms with E-state index in [0.717, 1.165) is 23.5 Å². The summed E-state index contributed by atoms with van der Waals surface area (Å²) in [6.45, 7) is 3.72. The molecule has 0 aromatic heterocycles. The maximum atomic E-state index is 3.72. The fraction of sp³-hybridized carbons (Fsp3) is 0. The Morgan fingerprint density at radius 2 is 1.58 bits per heavy atom. The first-order valence-corrected chi connectivity index (χ1v) is 6.20. The minimum absolute atomic E-state index is 0.992. The van der Waals surface area contributed by atoms with E-state index in [9.17, 15) is 0 Å². The first-order chi connectivity index (χ1) is 5.57. The third-order valence-corrected chi connectivity index (χ3v) is 6.04. The Morgan fingerprint density at radius 1 is 1.00 bits per heavy atom. The van der Waals surface area contributed by atoms with Gasteiger partial charge in [-0.25, -0.2) is 0 Å². The van der Waals surface area contributed by atoms with E-state index in [4.69, 9.17) is 0 Å². The van der Waals surface area contributed by atoms with Gasteiger partial charge in [0, 0.05) is 17.9 Å². The standard InChI is InChI=1S/C8H4Br4/c1-2-4-3-5(9)7(11)8(12)6(4)10/h2-3H,1H2. The highest BCUT2D eigenvalue weighted by Crippen LogP contribution is 2.39. The van der Waals surface area contributed by atoms with Crippen molar-refractivity contribution < 1.29 is 0 Å². The molecule has 0 aliphatic carbocycles. The predicted molar refractivity (Wildman–Crippen MR) is 67.3 cm³/mol. The van der Waals surface area contributed by atoms with E-state index in [2.05, 4.69) is 70.3 Å². The lowest BCUT2D eigenvalue weighted by atomic mass is 10.2. The quantitative estimate of drug-likeness (QED) is 0.423. The Kier molecular flexibility index (Phi) is 4.02. The molecule has 0 aliphatic heterocycles. The maximum Gasteiger partial charge on any atom is 0.0477 e. The smallest absolute Gasteiger partial charge is 0.0477 e. The Labute approximate surface area is 105 Å². The fourth-order valence-electron chi connectivity index (χ4n) is 0.740. The lowest BCUT2D eigenvalue weighted by Gasteiger charge is -2.05. The second-order valence-corrected chi connectivity index (χ2v) is 5.33. The van der Waals surface area contributed by atoms with Crippen molar-refractivity contribution in [2.24, 2.45) is 0 Å². The molecule has 0 unspecified atom stereocenters. The van der Waals surface area contributed by atoms with Crippen LogP contribution in [0.4, 0.5) is 0 Å². The van der Waals surface area contributed by atoms with Gasteiger partial charge in [0.15, 0.2) is 0 Å². The van der Waals surface area contributed by atoms with Gasteiger partial charge in [-0.2, -0.15) is 0 Å². The topological polar surface area (TPSA) is 0 Å². The van der Waals surface area contributed by atoms with Crippen molar-refractivity contribution in [2.75, 3.05) is 0 Å². The second kappa shape index (κ2) is 4.40. The maximum absolute atomic E-state index is 3.72. The van der Waals surface area contributed by atoms with Crippen molar-refractivity contribution in [3.63, 3.8) is 0 Å². The van der Waals surface area contributed by atoms with E-state index in [1.54, 1.807) is 6.08 Å². The third-order valence-electron chi connectivity index (χ3n) is 1.35. The van der Waals surface area contributed by atoms with E-state index >= 15 is 0 Å². The van der Waals surface area contributed by atoms with Crippen LogP contribution in [0.15, 0.2) is 30.5 Å². The summed E-state index contributed by atoms with van der Waals surface area (Å²) < 4.78 is 4.01. The zero-order chi connectivity index (χ0) is 9.30. The summed E-state index contributed by atoms with van der Waals surface area (Å²) in [4.78, 5) is 0. The van der Waals surface area contributed by atoms with Crippen LogP contribution < -0.4 is 0 Å². The molecule has 0 N–H and O–H groups in total. The predicted octanol–water partition coefficient (Wildman–Crippen LogP) is 5.38. The van der Waals surface area contributed by atoms with Gasteiger partial charge in [-0.05, 0) is 75.3 Å². The Morgan fingerprint density at radius 3 is 2.08 bits per heavy atom. The summed E-state index contributed by atoms with van der Waals surface area (Å²) in [5, 5.41) is 0. The van der Waals surface area contributed by atoms with Gasteiger partial charge < -0.3 is 0 Å². The van der Waals surface area contributed by atoms with Gasteiger partial charge in [0.25, 0.3) is 0 Å². The monoisotopic (exact) mass is 416 g/mol. The summed E-state index contributed by atoms with van der Waals surface area (Å²) in [5.41, 5.74) is 1.05. The lowest BCUT2D eigenvalue weighted by Crippen LogP contribution is -1.81. The van der Waals surface area contributed by atoms with Crippen LogP contribution in [-0.2, 0) is 0 Å². The van der Waals surface area contributed by atoms with E-state index in [1.807, 2.05) is 6.07 Å². The summed E-state index contributed by atoms with van der Waals surface area (Å²) >= 11 is 13.8. The molecule has 1 aromatic carbocycles. The van der Waals surface area contributed by atoms with Gasteiger partial charge >= 0.3 is 0 Å². The van der Waals surface area contributed by atoms with Crippen molar-refractivity contribution in [1.29, 1.82) is 0 Å². The molecule has 0 spiro atoms. The zero-order valence-corrected chi connectivity index (χ0v) is 12.2. The highest BCUT2D eigenvalue weighted by atomic mass is 79.9. The average Bonchev–Trinajstić information content (AvgIpc) is 2.08. The van der Waals surface area contributed by atoms with Crippen molar-refractivity contribution in [2.45, 2.75) is 0 Å². The molecule has 0 saturated carbocycles. The van der Waals surface area contributed by atoms with Crippen LogP contribution in [0.1, 0.15) is 5.56 Å². The van der Waals surface area contributed by atoms with Crippen LogP contribution in [-0.4, -0.2) is 0 Å². The molecule has 0 bridgehead atoms. The number of halogens is 4. The summed E-state index contributed by atoms with van der Waals surface area (Å²) in [5.74, 6) is 0. The molecule has 0 radical (unpaired) electrons. The van der Waals surface area contributed by atoms with Crippen molar-refractivity contribution in [3.05, 3.63) is 36.1 Å². The van der Waals surface area contributed by atoms with E-state index in [1.165, 1.54) is 0 Å². The first kappa shape index (κ1) is 11.0. The summed E-state index contributed by atoms with van der Waals surface area (Å²) in [6, 6.07) is 1.99. The molecule has 0 aliphatic rings. The minimum Gasteiger partial charge on any atom is -0.0984 e. The van der Waals surface area contributed by atoms with E-state index < -0.39 is 0 Å². The van der Waals surface area contributed by atoms with Crippen LogP contribution in [0.2, 0.25) is 0 Å². The van der Waals surface area contributed by atoms with Crippen molar-refractivity contribution in [3.8, 4) is 0 Å². The highest BCUT2D eigenvalue weighted by molar-refractivity contribution is 9.15. The normalized spacial score (nSPS) is 10.0. The molecule has 1 aromatic rings. The number of hydrogen-bond acceptors (Lipinski definition) is 0. The van der Waals surface area contributed by atoms with Crippen LogP contribution in [0, 0.1) is 0 Å². The molecule has 0 fully saturated rings. The molecule has 0 atom stereocenters. The number of benzene rings is 1. The molecule has 1 rings (SSSR count). The first-order valence-electron chi connectivity index (χ1n) is 3.03. The average molecular weight is 420 g/mol. The van der Waals surface area contributed by atoms with Gasteiger partial charge in [0.1, 0.15) is 0 Å². The summed E-state index contributed by atoms with van der Waals surface area (Å²) in [7, 11) is 0. The molecular formula is C8H4Br4. The van der Waals surface area contributed by atoms with Crippen LogP contribution in [0.25, 0.3) is 6.08 Å². The van der Waals surface area contributed by atoms with Crippen LogP contribution >= 0.6 is 63.7 Å². The fourth-order valence-corrected chi connectivity index (χ4v) is 2.95. The van der Waals surface area contributed by atoms with Gasteiger partial charge in [0.2, 0.25) is 0 Å². The van der Waals surface area contributed by atoms with Crippen molar-refractivity contribution in [1.82, 2.24) is 0 Å². The molecule has 12 heavy (non-hydrogen) atoms. The van der Waals surface area contributed by atoms with Gasteiger partial charge in [0.05, 0.1) is 0 Å². The largest absolute Gasteiger partial charge is 0.0984 e. The zero-order valence-electron chi connectivity index (χ0n) is 5.87. The Bertz CT molecular complexity index is 330. The number of rotatable bonds is 1. The van der Waals surface area contributed by atoms with Crippen LogP contribution in [0.3, 0.4) is 0 Å². The Balaban J connectivity index is 3.49.